The Labute approximate surface area is 137 Å². The van der Waals surface area contributed by atoms with Crippen molar-refractivity contribution in [1.82, 2.24) is 10.6 Å². The van der Waals surface area contributed by atoms with Gasteiger partial charge in [-0.1, -0.05) is 0 Å². The molecule has 0 bridgehead atoms. The van der Waals surface area contributed by atoms with E-state index < -0.39 is 0 Å². The van der Waals surface area contributed by atoms with Crippen LogP contribution in [0.2, 0.25) is 0 Å². The lowest BCUT2D eigenvalue weighted by Gasteiger charge is -2.27. The summed E-state index contributed by atoms with van der Waals surface area (Å²) in [6, 6.07) is 6.36. The Balaban J connectivity index is 0.00000242. The zero-order valence-corrected chi connectivity index (χ0v) is 13.6. The number of carbonyl (C=O) groups excluding carboxylic acids is 1. The van der Waals surface area contributed by atoms with Gasteiger partial charge >= 0.3 is 0 Å². The molecule has 1 saturated heterocycles. The number of nitrogens with one attached hydrogen (secondary N) is 2. The molecule has 2 N–H and O–H groups in total. The van der Waals surface area contributed by atoms with Crippen LogP contribution in [0.3, 0.4) is 0 Å². The first kappa shape index (κ1) is 18.7. The number of ether oxygens (including phenoxy) is 1. The van der Waals surface area contributed by atoms with Gasteiger partial charge in [0, 0.05) is 18.5 Å². The van der Waals surface area contributed by atoms with Gasteiger partial charge in [0.05, 0.1) is 6.61 Å². The molecule has 4 nitrogen and oxygen atoms in total. The minimum absolute atomic E-state index is 0. The van der Waals surface area contributed by atoms with E-state index >= 15 is 0 Å². The van der Waals surface area contributed by atoms with Gasteiger partial charge in [0.2, 0.25) is 5.91 Å². The fourth-order valence-electron chi connectivity index (χ4n) is 2.52. The van der Waals surface area contributed by atoms with Crippen molar-refractivity contribution in [2.75, 3.05) is 19.7 Å². The summed E-state index contributed by atoms with van der Waals surface area (Å²) >= 11 is 0. The fraction of sp³-hybridized carbons (Fsp3) is 0.562. The van der Waals surface area contributed by atoms with Gasteiger partial charge in [0.1, 0.15) is 11.6 Å². The smallest absolute Gasteiger partial charge is 0.223 e. The fourth-order valence-corrected chi connectivity index (χ4v) is 2.52. The molecular weight excluding hydrogens is 307 g/mol. The molecule has 1 aliphatic heterocycles. The lowest BCUT2D eigenvalue weighted by atomic mass is 9.92. The first-order valence-electron chi connectivity index (χ1n) is 7.54. The largest absolute Gasteiger partial charge is 0.494 e. The van der Waals surface area contributed by atoms with Crippen LogP contribution in [0.1, 0.15) is 26.2 Å². The van der Waals surface area contributed by atoms with Gasteiger partial charge in [0.25, 0.3) is 0 Å². The second kappa shape index (κ2) is 9.64. The Bertz CT molecular complexity index is 456. The summed E-state index contributed by atoms with van der Waals surface area (Å²) in [7, 11) is 0. The van der Waals surface area contributed by atoms with Gasteiger partial charge in [-0.05, 0) is 57.0 Å². The molecule has 6 heteroatoms. The second-order valence-electron chi connectivity index (χ2n) is 5.52. The average Bonchev–Trinajstić information content (AvgIpc) is 2.48. The Morgan fingerprint density at radius 2 is 2.14 bits per heavy atom. The van der Waals surface area contributed by atoms with Crippen molar-refractivity contribution in [3.63, 3.8) is 0 Å². The van der Waals surface area contributed by atoms with E-state index in [9.17, 15) is 9.18 Å². The van der Waals surface area contributed by atoms with Gasteiger partial charge in [-0.2, -0.15) is 0 Å². The van der Waals surface area contributed by atoms with E-state index in [4.69, 9.17) is 4.74 Å². The maximum atomic E-state index is 12.7. The predicted octanol–water partition coefficient (Wildman–Crippen LogP) is 2.52. The van der Waals surface area contributed by atoms with Gasteiger partial charge in [-0.15, -0.1) is 12.4 Å². The number of hydrogen-bond acceptors (Lipinski definition) is 3. The first-order chi connectivity index (χ1) is 10.1. The molecule has 22 heavy (non-hydrogen) atoms. The highest BCUT2D eigenvalue weighted by Gasteiger charge is 2.24. The summed E-state index contributed by atoms with van der Waals surface area (Å²) in [6.45, 7) is 4.13. The van der Waals surface area contributed by atoms with Gasteiger partial charge in [-0.3, -0.25) is 4.79 Å². The summed E-state index contributed by atoms with van der Waals surface area (Å²) in [4.78, 5) is 12.0. The van der Waals surface area contributed by atoms with E-state index in [-0.39, 0.29) is 30.0 Å². The van der Waals surface area contributed by atoms with Crippen LogP contribution in [-0.4, -0.2) is 31.6 Å². The summed E-state index contributed by atoms with van der Waals surface area (Å²) in [6.07, 6.45) is 2.55. The van der Waals surface area contributed by atoms with Crippen LogP contribution in [0.5, 0.6) is 5.75 Å². The van der Waals surface area contributed by atoms with Crippen molar-refractivity contribution >= 4 is 18.3 Å². The molecule has 124 valence electrons. The minimum atomic E-state index is -0.272. The third kappa shape index (κ3) is 6.20. The van der Waals surface area contributed by atoms with Crippen molar-refractivity contribution in [2.24, 2.45) is 5.92 Å². The molecule has 0 saturated carbocycles. The summed E-state index contributed by atoms with van der Waals surface area (Å²) in [5.74, 6) is 0.644. The van der Waals surface area contributed by atoms with E-state index in [1.54, 1.807) is 12.1 Å². The summed E-state index contributed by atoms with van der Waals surface area (Å²) in [5.41, 5.74) is 0. The minimum Gasteiger partial charge on any atom is -0.494 e. The number of amides is 1. The normalized spacial score (nSPS) is 20.8. The highest BCUT2D eigenvalue weighted by molar-refractivity contribution is 5.85. The van der Waals surface area contributed by atoms with Crippen LogP contribution in [0.25, 0.3) is 0 Å². The lowest BCUT2D eigenvalue weighted by molar-refractivity contribution is -0.126. The second-order valence-corrected chi connectivity index (χ2v) is 5.52. The van der Waals surface area contributed by atoms with Crippen LogP contribution in [-0.2, 0) is 4.79 Å². The zero-order valence-electron chi connectivity index (χ0n) is 12.8. The van der Waals surface area contributed by atoms with Crippen molar-refractivity contribution in [3.8, 4) is 5.75 Å². The van der Waals surface area contributed by atoms with Crippen LogP contribution in [0.4, 0.5) is 4.39 Å². The Morgan fingerprint density at radius 1 is 1.41 bits per heavy atom. The highest BCUT2D eigenvalue weighted by atomic mass is 35.5. The number of hydrogen-bond donors (Lipinski definition) is 2. The molecule has 1 aliphatic rings. The van der Waals surface area contributed by atoms with Gasteiger partial charge < -0.3 is 15.4 Å². The molecule has 1 aromatic rings. The topological polar surface area (TPSA) is 50.4 Å². The standard InChI is InChI=1S/C16H23FN2O2.ClH/c1-12-11-13(7-9-18-12)16(20)19-8-2-10-21-15-5-3-14(17)4-6-15;/h3-6,12-13,18H,2,7-11H2,1H3,(H,19,20);1H/t12-,13-;/m0./s1. The number of carbonyl (C=O) groups is 1. The molecule has 1 fully saturated rings. The molecule has 2 atom stereocenters. The molecule has 1 amide bonds. The first-order valence-corrected chi connectivity index (χ1v) is 7.54. The number of halogens is 2. The van der Waals surface area contributed by atoms with E-state index in [0.29, 0.717) is 24.9 Å². The molecule has 0 radical (unpaired) electrons. The van der Waals surface area contributed by atoms with Crippen molar-refractivity contribution < 1.29 is 13.9 Å². The lowest BCUT2D eigenvalue weighted by Crippen LogP contribution is -2.42. The quantitative estimate of drug-likeness (QED) is 0.788. The van der Waals surface area contributed by atoms with Gasteiger partial charge in [-0.25, -0.2) is 4.39 Å². The number of piperidine rings is 1. The summed E-state index contributed by atoms with van der Waals surface area (Å²) in [5, 5.41) is 6.30. The van der Waals surface area contributed by atoms with Crippen LogP contribution in [0.15, 0.2) is 24.3 Å². The van der Waals surface area contributed by atoms with E-state index in [0.717, 1.165) is 25.8 Å². The van der Waals surface area contributed by atoms with E-state index in [1.165, 1.54) is 12.1 Å². The van der Waals surface area contributed by atoms with Crippen molar-refractivity contribution in [3.05, 3.63) is 30.1 Å². The molecule has 1 aromatic carbocycles. The predicted molar refractivity (Wildman–Crippen MR) is 87.0 cm³/mol. The summed E-state index contributed by atoms with van der Waals surface area (Å²) < 4.78 is 18.2. The van der Waals surface area contributed by atoms with E-state index in [1.807, 2.05) is 0 Å². The molecule has 0 spiro atoms. The molecule has 2 rings (SSSR count). The molecule has 0 aliphatic carbocycles. The molecule has 1 heterocycles. The Hall–Kier alpha value is -1.33. The maximum Gasteiger partial charge on any atom is 0.223 e. The van der Waals surface area contributed by atoms with Crippen molar-refractivity contribution in [1.29, 1.82) is 0 Å². The highest BCUT2D eigenvalue weighted by Crippen LogP contribution is 2.16. The van der Waals surface area contributed by atoms with Crippen LogP contribution < -0.4 is 15.4 Å². The van der Waals surface area contributed by atoms with Crippen molar-refractivity contribution in [2.45, 2.75) is 32.2 Å². The average molecular weight is 331 g/mol. The van der Waals surface area contributed by atoms with E-state index in [2.05, 4.69) is 17.6 Å². The molecule has 0 aromatic heterocycles. The SMILES string of the molecule is C[C@H]1C[C@@H](C(=O)NCCCOc2ccc(F)cc2)CCN1.Cl. The third-order valence-corrected chi connectivity index (χ3v) is 3.70. The van der Waals surface area contributed by atoms with Crippen LogP contribution in [0, 0.1) is 11.7 Å². The van der Waals surface area contributed by atoms with Crippen LogP contribution >= 0.6 is 12.4 Å². The zero-order chi connectivity index (χ0) is 15.1. The van der Waals surface area contributed by atoms with Gasteiger partial charge in [0.15, 0.2) is 0 Å². The Kier molecular flexibility index (Phi) is 8.20. The maximum absolute atomic E-state index is 12.7. The number of benzene rings is 1. The number of rotatable bonds is 6. The molecular formula is C16H24ClFN2O2. The molecule has 0 unspecified atom stereocenters. The monoisotopic (exact) mass is 330 g/mol. The third-order valence-electron chi connectivity index (χ3n) is 3.70. The Morgan fingerprint density at radius 3 is 2.82 bits per heavy atom.